The molecule has 1 aliphatic heterocycles. The SMILES string of the molecule is CO[C@H]1C[C@H](n2cc(C)c(=O)[nH]c2=O)O[C@@H]1C=O. The molecule has 0 aliphatic carbocycles. The summed E-state index contributed by atoms with van der Waals surface area (Å²) in [5.41, 5.74) is -0.580. The number of rotatable bonds is 3. The summed E-state index contributed by atoms with van der Waals surface area (Å²) in [5, 5.41) is 0. The van der Waals surface area contributed by atoms with Gasteiger partial charge in [0.15, 0.2) is 6.29 Å². The van der Waals surface area contributed by atoms with E-state index in [1.165, 1.54) is 17.9 Å². The first-order chi connectivity index (χ1) is 8.56. The molecule has 1 aromatic rings. The predicted octanol–water partition coefficient (Wildman–Crippen LogP) is -0.654. The third-order valence-corrected chi connectivity index (χ3v) is 3.01. The van der Waals surface area contributed by atoms with E-state index in [0.717, 1.165) is 0 Å². The maximum Gasteiger partial charge on any atom is 0.330 e. The molecule has 2 heterocycles. The van der Waals surface area contributed by atoms with E-state index in [0.29, 0.717) is 18.3 Å². The number of aryl methyl sites for hydroxylation is 1. The third kappa shape index (κ3) is 2.14. The molecule has 1 aromatic heterocycles. The van der Waals surface area contributed by atoms with E-state index in [2.05, 4.69) is 4.98 Å². The molecule has 18 heavy (non-hydrogen) atoms. The van der Waals surface area contributed by atoms with Crippen LogP contribution in [0, 0.1) is 6.92 Å². The van der Waals surface area contributed by atoms with Crippen molar-refractivity contribution in [2.45, 2.75) is 31.8 Å². The van der Waals surface area contributed by atoms with Crippen molar-refractivity contribution < 1.29 is 14.3 Å². The highest BCUT2D eigenvalue weighted by atomic mass is 16.6. The standard InChI is InChI=1S/C11H14N2O5/c1-6-4-13(11(16)12-10(6)15)9-3-7(17-2)8(5-14)18-9/h4-5,7-9H,3H2,1-2H3,(H,12,15,16)/t7-,8+,9+/m0/s1. The molecule has 0 bridgehead atoms. The van der Waals surface area contributed by atoms with E-state index in [-0.39, 0.29) is 6.10 Å². The molecule has 0 radical (unpaired) electrons. The smallest absolute Gasteiger partial charge is 0.330 e. The molecule has 1 N–H and O–H groups in total. The Bertz CT molecular complexity index is 561. The Morgan fingerprint density at radius 3 is 2.83 bits per heavy atom. The van der Waals surface area contributed by atoms with Crippen LogP contribution in [-0.2, 0) is 14.3 Å². The summed E-state index contributed by atoms with van der Waals surface area (Å²) in [7, 11) is 1.48. The first-order valence-electron chi connectivity index (χ1n) is 5.52. The van der Waals surface area contributed by atoms with Gasteiger partial charge in [0.2, 0.25) is 0 Å². The summed E-state index contributed by atoms with van der Waals surface area (Å²) >= 11 is 0. The Kier molecular flexibility index (Phi) is 3.44. The fraction of sp³-hybridized carbons (Fsp3) is 0.545. The molecule has 1 aliphatic rings. The number of carbonyl (C=O) groups excluding carboxylic acids is 1. The molecule has 2 rings (SSSR count). The van der Waals surface area contributed by atoms with Gasteiger partial charge < -0.3 is 14.3 Å². The number of nitrogens with zero attached hydrogens (tertiary/aromatic N) is 1. The van der Waals surface area contributed by atoms with Gasteiger partial charge in [-0.05, 0) is 6.92 Å². The zero-order valence-corrected chi connectivity index (χ0v) is 10.1. The predicted molar refractivity (Wildman–Crippen MR) is 61.4 cm³/mol. The normalized spacial score (nSPS) is 27.3. The monoisotopic (exact) mass is 254 g/mol. The van der Waals surface area contributed by atoms with Crippen LogP contribution in [0.15, 0.2) is 15.8 Å². The highest BCUT2D eigenvalue weighted by Crippen LogP contribution is 2.28. The number of hydrogen-bond donors (Lipinski definition) is 1. The molecule has 0 unspecified atom stereocenters. The number of aromatic amines is 1. The summed E-state index contributed by atoms with van der Waals surface area (Å²) in [4.78, 5) is 35.9. The van der Waals surface area contributed by atoms with Crippen LogP contribution >= 0.6 is 0 Å². The molecule has 0 amide bonds. The maximum atomic E-state index is 11.7. The van der Waals surface area contributed by atoms with E-state index in [9.17, 15) is 14.4 Å². The topological polar surface area (TPSA) is 90.4 Å². The number of methoxy groups -OCH3 is 1. The van der Waals surface area contributed by atoms with Crippen LogP contribution in [0.5, 0.6) is 0 Å². The molecule has 7 nitrogen and oxygen atoms in total. The zero-order valence-electron chi connectivity index (χ0n) is 10.1. The molecule has 0 spiro atoms. The van der Waals surface area contributed by atoms with Crippen LogP contribution in [-0.4, -0.2) is 35.2 Å². The Balaban J connectivity index is 2.34. The van der Waals surface area contributed by atoms with Crippen LogP contribution in [0.25, 0.3) is 0 Å². The molecular formula is C11H14N2O5. The number of hydrogen-bond acceptors (Lipinski definition) is 5. The van der Waals surface area contributed by atoms with Crippen molar-refractivity contribution in [2.75, 3.05) is 7.11 Å². The second-order valence-electron chi connectivity index (χ2n) is 4.18. The lowest BCUT2D eigenvalue weighted by Crippen LogP contribution is -2.33. The number of ether oxygens (including phenoxy) is 2. The van der Waals surface area contributed by atoms with E-state index in [1.54, 1.807) is 6.92 Å². The zero-order chi connectivity index (χ0) is 13.3. The van der Waals surface area contributed by atoms with Gasteiger partial charge in [-0.15, -0.1) is 0 Å². The summed E-state index contributed by atoms with van der Waals surface area (Å²) in [6.45, 7) is 1.59. The largest absolute Gasteiger partial charge is 0.378 e. The minimum absolute atomic E-state index is 0.380. The minimum Gasteiger partial charge on any atom is -0.378 e. The van der Waals surface area contributed by atoms with Gasteiger partial charge >= 0.3 is 5.69 Å². The number of nitrogens with one attached hydrogen (secondary N) is 1. The van der Waals surface area contributed by atoms with Crippen LogP contribution < -0.4 is 11.2 Å². The van der Waals surface area contributed by atoms with Gasteiger partial charge in [-0.25, -0.2) is 4.79 Å². The highest BCUT2D eigenvalue weighted by Gasteiger charge is 2.36. The summed E-state index contributed by atoms with van der Waals surface area (Å²) in [6.07, 6.45) is 0.772. The molecule has 3 atom stereocenters. The van der Waals surface area contributed by atoms with Gasteiger partial charge in [-0.3, -0.25) is 14.3 Å². The van der Waals surface area contributed by atoms with Crippen molar-refractivity contribution in [1.29, 1.82) is 0 Å². The lowest BCUT2D eigenvalue weighted by Gasteiger charge is -2.13. The van der Waals surface area contributed by atoms with Crippen LogP contribution in [0.4, 0.5) is 0 Å². The third-order valence-electron chi connectivity index (χ3n) is 3.01. The summed E-state index contributed by atoms with van der Waals surface area (Å²) in [6, 6.07) is 0. The Hall–Kier alpha value is -1.73. The van der Waals surface area contributed by atoms with Crippen molar-refractivity contribution in [1.82, 2.24) is 9.55 Å². The molecule has 0 aromatic carbocycles. The fourth-order valence-electron chi connectivity index (χ4n) is 1.99. The molecule has 1 fully saturated rings. The minimum atomic E-state index is -0.695. The maximum absolute atomic E-state index is 11.7. The summed E-state index contributed by atoms with van der Waals surface area (Å²) < 4.78 is 11.8. The molecular weight excluding hydrogens is 240 g/mol. The van der Waals surface area contributed by atoms with Gasteiger partial charge in [0, 0.05) is 25.3 Å². The van der Waals surface area contributed by atoms with Crippen LogP contribution in [0.3, 0.4) is 0 Å². The number of carbonyl (C=O) groups is 1. The van der Waals surface area contributed by atoms with Crippen molar-refractivity contribution in [3.8, 4) is 0 Å². The molecule has 1 saturated heterocycles. The Morgan fingerprint density at radius 1 is 1.56 bits per heavy atom. The number of aromatic nitrogens is 2. The van der Waals surface area contributed by atoms with Gasteiger partial charge in [0.1, 0.15) is 12.3 Å². The van der Waals surface area contributed by atoms with Gasteiger partial charge in [-0.1, -0.05) is 0 Å². The molecule has 98 valence electrons. The number of aldehydes is 1. The average Bonchev–Trinajstić information content (AvgIpc) is 2.76. The van der Waals surface area contributed by atoms with E-state index in [4.69, 9.17) is 9.47 Å². The number of H-pyrrole nitrogens is 1. The van der Waals surface area contributed by atoms with Crippen molar-refractivity contribution in [2.24, 2.45) is 0 Å². The fourth-order valence-corrected chi connectivity index (χ4v) is 1.99. The van der Waals surface area contributed by atoms with E-state index in [1.807, 2.05) is 0 Å². The van der Waals surface area contributed by atoms with Gasteiger partial charge in [0.25, 0.3) is 5.56 Å². The van der Waals surface area contributed by atoms with Crippen molar-refractivity contribution in [3.63, 3.8) is 0 Å². The van der Waals surface area contributed by atoms with Crippen LogP contribution in [0.2, 0.25) is 0 Å². The highest BCUT2D eigenvalue weighted by molar-refractivity contribution is 5.57. The lowest BCUT2D eigenvalue weighted by molar-refractivity contribution is -0.123. The first-order valence-corrected chi connectivity index (χ1v) is 5.52. The van der Waals surface area contributed by atoms with Gasteiger partial charge in [-0.2, -0.15) is 0 Å². The molecule has 0 saturated carbocycles. The second-order valence-corrected chi connectivity index (χ2v) is 4.18. The van der Waals surface area contributed by atoms with Crippen LogP contribution in [0.1, 0.15) is 18.2 Å². The summed E-state index contributed by atoms with van der Waals surface area (Å²) in [5.74, 6) is 0. The first kappa shape index (κ1) is 12.7. The van der Waals surface area contributed by atoms with E-state index >= 15 is 0 Å². The average molecular weight is 254 g/mol. The van der Waals surface area contributed by atoms with E-state index < -0.39 is 23.6 Å². The Labute approximate surface area is 102 Å². The van der Waals surface area contributed by atoms with Crippen molar-refractivity contribution in [3.05, 3.63) is 32.6 Å². The van der Waals surface area contributed by atoms with Crippen molar-refractivity contribution >= 4 is 6.29 Å². The van der Waals surface area contributed by atoms with Gasteiger partial charge in [0.05, 0.1) is 6.10 Å². The lowest BCUT2D eigenvalue weighted by atomic mass is 10.2. The Morgan fingerprint density at radius 2 is 2.28 bits per heavy atom. The second kappa shape index (κ2) is 4.87. The molecule has 7 heteroatoms. The quantitative estimate of drug-likeness (QED) is 0.724.